The molecule has 3 atom stereocenters. The molecular weight excluding hydrogens is 256 g/mol. The second-order valence-corrected chi connectivity index (χ2v) is 6.55. The number of hydrogen-bond acceptors (Lipinski definition) is 2. The Morgan fingerprint density at radius 1 is 1.19 bits per heavy atom. The second-order valence-electron chi connectivity index (χ2n) is 6.55. The SMILES string of the molecule is CCN(C(C)CCc1ccccc1)C1CCCCC1CN. The predicted molar refractivity (Wildman–Crippen MR) is 91.4 cm³/mol. The number of rotatable bonds is 7. The third-order valence-electron chi connectivity index (χ3n) is 5.22. The summed E-state index contributed by atoms with van der Waals surface area (Å²) in [6, 6.07) is 12.2. The van der Waals surface area contributed by atoms with Crippen LogP contribution in [0.25, 0.3) is 0 Å². The zero-order valence-electron chi connectivity index (χ0n) is 13.8. The fraction of sp³-hybridized carbons (Fsp3) is 0.684. The molecule has 2 nitrogen and oxygen atoms in total. The van der Waals surface area contributed by atoms with Crippen molar-refractivity contribution in [3.63, 3.8) is 0 Å². The van der Waals surface area contributed by atoms with E-state index in [0.717, 1.165) is 13.1 Å². The molecule has 2 heteroatoms. The molecule has 1 aromatic rings. The van der Waals surface area contributed by atoms with Gasteiger partial charge in [-0.05, 0) is 57.2 Å². The number of nitrogens with zero attached hydrogens (tertiary/aromatic N) is 1. The molecule has 0 aromatic heterocycles. The van der Waals surface area contributed by atoms with Crippen molar-refractivity contribution >= 4 is 0 Å². The Labute approximate surface area is 130 Å². The highest BCUT2D eigenvalue weighted by molar-refractivity contribution is 5.14. The van der Waals surface area contributed by atoms with Crippen molar-refractivity contribution in [2.75, 3.05) is 13.1 Å². The molecule has 1 aliphatic carbocycles. The lowest BCUT2D eigenvalue weighted by Gasteiger charge is -2.42. The van der Waals surface area contributed by atoms with Crippen LogP contribution in [-0.2, 0) is 6.42 Å². The minimum absolute atomic E-state index is 0.646. The average molecular weight is 288 g/mol. The van der Waals surface area contributed by atoms with Crippen LogP contribution in [0.3, 0.4) is 0 Å². The molecule has 0 spiro atoms. The third kappa shape index (κ3) is 4.55. The van der Waals surface area contributed by atoms with Crippen molar-refractivity contribution in [1.29, 1.82) is 0 Å². The molecule has 21 heavy (non-hydrogen) atoms. The van der Waals surface area contributed by atoms with Gasteiger partial charge in [-0.1, -0.05) is 50.1 Å². The zero-order valence-corrected chi connectivity index (χ0v) is 13.8. The van der Waals surface area contributed by atoms with Crippen molar-refractivity contribution in [3.8, 4) is 0 Å². The highest BCUT2D eigenvalue weighted by atomic mass is 15.2. The van der Waals surface area contributed by atoms with Crippen LogP contribution < -0.4 is 5.73 Å². The zero-order chi connectivity index (χ0) is 15.1. The number of aryl methyl sites for hydroxylation is 1. The highest BCUT2D eigenvalue weighted by Gasteiger charge is 2.30. The molecular formula is C19H32N2. The van der Waals surface area contributed by atoms with E-state index >= 15 is 0 Å². The van der Waals surface area contributed by atoms with E-state index in [1.807, 2.05) is 0 Å². The Hall–Kier alpha value is -0.860. The molecule has 1 aliphatic rings. The van der Waals surface area contributed by atoms with Crippen LogP contribution in [0.1, 0.15) is 51.5 Å². The monoisotopic (exact) mass is 288 g/mol. The maximum atomic E-state index is 6.02. The lowest BCUT2D eigenvalue weighted by atomic mass is 9.82. The Kier molecular flexibility index (Phi) is 6.72. The first-order valence-electron chi connectivity index (χ1n) is 8.76. The number of nitrogens with two attached hydrogens (primary N) is 1. The minimum atomic E-state index is 0.646. The fourth-order valence-electron chi connectivity index (χ4n) is 3.96. The van der Waals surface area contributed by atoms with Gasteiger partial charge in [-0.3, -0.25) is 4.90 Å². The van der Waals surface area contributed by atoms with Gasteiger partial charge in [0.05, 0.1) is 0 Å². The summed E-state index contributed by atoms with van der Waals surface area (Å²) in [5.41, 5.74) is 7.48. The maximum Gasteiger partial charge on any atom is 0.0138 e. The standard InChI is InChI=1S/C19H32N2/c1-3-21(19-12-8-7-11-18(19)15-20)16(2)13-14-17-9-5-4-6-10-17/h4-6,9-10,16,18-19H,3,7-8,11-15,20H2,1-2H3. The van der Waals surface area contributed by atoms with Gasteiger partial charge in [0.2, 0.25) is 0 Å². The predicted octanol–water partition coefficient (Wildman–Crippen LogP) is 3.85. The number of benzene rings is 1. The van der Waals surface area contributed by atoms with Gasteiger partial charge in [0.15, 0.2) is 0 Å². The van der Waals surface area contributed by atoms with Gasteiger partial charge in [0, 0.05) is 12.1 Å². The molecule has 1 saturated carbocycles. The molecule has 0 bridgehead atoms. The second kappa shape index (κ2) is 8.55. The van der Waals surface area contributed by atoms with Crippen molar-refractivity contribution in [1.82, 2.24) is 4.90 Å². The normalized spacial score (nSPS) is 24.2. The summed E-state index contributed by atoms with van der Waals surface area (Å²) in [6.07, 6.45) is 7.83. The van der Waals surface area contributed by atoms with Crippen LogP contribution in [0.15, 0.2) is 30.3 Å². The molecule has 0 amide bonds. The van der Waals surface area contributed by atoms with Crippen molar-refractivity contribution in [3.05, 3.63) is 35.9 Å². The molecule has 0 aliphatic heterocycles. The average Bonchev–Trinajstić information content (AvgIpc) is 2.55. The smallest absolute Gasteiger partial charge is 0.0138 e. The third-order valence-corrected chi connectivity index (χ3v) is 5.22. The lowest BCUT2D eigenvalue weighted by molar-refractivity contribution is 0.0737. The Morgan fingerprint density at radius 2 is 1.90 bits per heavy atom. The quantitative estimate of drug-likeness (QED) is 0.826. The summed E-state index contributed by atoms with van der Waals surface area (Å²) >= 11 is 0. The van der Waals surface area contributed by atoms with Gasteiger partial charge in [-0.15, -0.1) is 0 Å². The van der Waals surface area contributed by atoms with E-state index in [2.05, 4.69) is 49.1 Å². The lowest BCUT2D eigenvalue weighted by Crippen LogP contribution is -2.49. The summed E-state index contributed by atoms with van der Waals surface area (Å²) in [5, 5.41) is 0. The topological polar surface area (TPSA) is 29.3 Å². The first kappa shape index (κ1) is 16.5. The van der Waals surface area contributed by atoms with Gasteiger partial charge in [-0.25, -0.2) is 0 Å². The van der Waals surface area contributed by atoms with Crippen LogP contribution in [0.2, 0.25) is 0 Å². The van der Waals surface area contributed by atoms with Crippen molar-refractivity contribution in [2.45, 2.75) is 64.5 Å². The van der Waals surface area contributed by atoms with E-state index < -0.39 is 0 Å². The van der Waals surface area contributed by atoms with E-state index in [0.29, 0.717) is 18.0 Å². The van der Waals surface area contributed by atoms with Crippen molar-refractivity contribution in [2.24, 2.45) is 11.7 Å². The van der Waals surface area contributed by atoms with Gasteiger partial charge in [0.25, 0.3) is 0 Å². The van der Waals surface area contributed by atoms with Gasteiger partial charge >= 0.3 is 0 Å². The van der Waals surface area contributed by atoms with Gasteiger partial charge in [-0.2, -0.15) is 0 Å². The van der Waals surface area contributed by atoms with Crippen LogP contribution in [0.4, 0.5) is 0 Å². The summed E-state index contributed by atoms with van der Waals surface area (Å²) in [4.78, 5) is 2.72. The number of hydrogen-bond donors (Lipinski definition) is 1. The molecule has 118 valence electrons. The van der Waals surface area contributed by atoms with Crippen LogP contribution in [-0.4, -0.2) is 30.1 Å². The van der Waals surface area contributed by atoms with E-state index in [4.69, 9.17) is 5.73 Å². The summed E-state index contributed by atoms with van der Waals surface area (Å²) in [5.74, 6) is 0.706. The molecule has 3 unspecified atom stereocenters. The summed E-state index contributed by atoms with van der Waals surface area (Å²) in [7, 11) is 0. The summed E-state index contributed by atoms with van der Waals surface area (Å²) in [6.45, 7) is 6.71. The molecule has 1 fully saturated rings. The molecule has 0 saturated heterocycles. The van der Waals surface area contributed by atoms with Crippen LogP contribution in [0, 0.1) is 5.92 Å². The molecule has 1 aromatic carbocycles. The first-order valence-corrected chi connectivity index (χ1v) is 8.76. The van der Waals surface area contributed by atoms with E-state index in [9.17, 15) is 0 Å². The Morgan fingerprint density at radius 3 is 2.57 bits per heavy atom. The van der Waals surface area contributed by atoms with E-state index in [1.54, 1.807) is 0 Å². The maximum absolute atomic E-state index is 6.02. The van der Waals surface area contributed by atoms with Crippen LogP contribution in [0.5, 0.6) is 0 Å². The minimum Gasteiger partial charge on any atom is -0.330 e. The van der Waals surface area contributed by atoms with Crippen LogP contribution >= 0.6 is 0 Å². The Balaban J connectivity index is 1.92. The Bertz CT molecular complexity index is 390. The highest BCUT2D eigenvalue weighted by Crippen LogP contribution is 2.29. The van der Waals surface area contributed by atoms with Gasteiger partial charge < -0.3 is 5.73 Å². The van der Waals surface area contributed by atoms with Crippen molar-refractivity contribution < 1.29 is 0 Å². The van der Waals surface area contributed by atoms with E-state index in [-0.39, 0.29) is 0 Å². The van der Waals surface area contributed by atoms with E-state index in [1.165, 1.54) is 44.1 Å². The summed E-state index contributed by atoms with van der Waals surface area (Å²) < 4.78 is 0. The molecule has 0 heterocycles. The largest absolute Gasteiger partial charge is 0.330 e. The molecule has 2 rings (SSSR count). The molecule has 0 radical (unpaired) electrons. The first-order chi connectivity index (χ1) is 10.3. The fourth-order valence-corrected chi connectivity index (χ4v) is 3.96. The van der Waals surface area contributed by atoms with Gasteiger partial charge in [0.1, 0.15) is 0 Å². The molecule has 2 N–H and O–H groups in total.